The summed E-state index contributed by atoms with van der Waals surface area (Å²) in [7, 11) is -4.99. The molecule has 0 amide bonds. The van der Waals surface area contributed by atoms with Gasteiger partial charge in [-0.3, -0.25) is 14.3 Å². The number of hydrogen-bond donors (Lipinski definition) is 2. The Morgan fingerprint density at radius 3 is 2.12 bits per heavy atom. The van der Waals surface area contributed by atoms with E-state index < -0.39 is 58.7 Å². The maximum absolute atomic E-state index is 12.7. The third kappa shape index (κ3) is 5.40. The molecule has 192 valence electrons. The van der Waals surface area contributed by atoms with Gasteiger partial charge in [-0.1, -0.05) is 46.7 Å². The average molecular weight is 514 g/mol. The molecule has 0 bridgehead atoms. The van der Waals surface area contributed by atoms with E-state index >= 15 is 0 Å². The molecular formula is C21H39N5O6Si2. The standard InChI is InChI=1S/C21H39N5O6Si2/c1-19(2,3)33(7,8)31-15-16(32-34(9,10)20(4,5)6)21(13-27,24-25-22)30-17(15)26-12-11-14(28)23-18(26)29/h11-12,15-17,27H,13H2,1-10H3,(H,23,28,29)/t15-,16+,17-,21-/m1/s1. The zero-order valence-corrected chi connectivity index (χ0v) is 23.9. The number of nitrogens with one attached hydrogen (secondary N) is 1. The summed E-state index contributed by atoms with van der Waals surface area (Å²) in [6.45, 7) is 19.9. The third-order valence-electron chi connectivity index (χ3n) is 7.38. The Bertz CT molecular complexity index is 1050. The van der Waals surface area contributed by atoms with Crippen LogP contribution in [0, 0.1) is 0 Å². The fourth-order valence-electron chi connectivity index (χ4n) is 3.20. The number of H-pyrrole nitrogens is 1. The number of hydrogen-bond acceptors (Lipinski definition) is 7. The van der Waals surface area contributed by atoms with Crippen molar-refractivity contribution in [3.63, 3.8) is 0 Å². The molecule has 0 aromatic carbocycles. The average Bonchev–Trinajstić information content (AvgIpc) is 2.93. The lowest BCUT2D eigenvalue weighted by Crippen LogP contribution is -2.57. The molecule has 0 aliphatic carbocycles. The van der Waals surface area contributed by atoms with Crippen LogP contribution in [0.25, 0.3) is 10.4 Å². The number of rotatable bonds is 7. The summed E-state index contributed by atoms with van der Waals surface area (Å²) in [5, 5.41) is 13.9. The van der Waals surface area contributed by atoms with E-state index in [1.165, 1.54) is 16.8 Å². The Morgan fingerprint density at radius 1 is 1.15 bits per heavy atom. The molecule has 0 unspecified atom stereocenters. The van der Waals surface area contributed by atoms with Gasteiger partial charge >= 0.3 is 5.69 Å². The molecule has 11 nitrogen and oxygen atoms in total. The van der Waals surface area contributed by atoms with Crippen LogP contribution >= 0.6 is 0 Å². The van der Waals surface area contributed by atoms with Crippen LogP contribution in [-0.4, -0.2) is 55.8 Å². The van der Waals surface area contributed by atoms with Crippen LogP contribution in [0.1, 0.15) is 47.8 Å². The molecule has 0 saturated carbocycles. The van der Waals surface area contributed by atoms with Gasteiger partial charge in [-0.05, 0) is 41.8 Å². The van der Waals surface area contributed by atoms with Crippen molar-refractivity contribution < 1.29 is 18.7 Å². The largest absolute Gasteiger partial charge is 0.408 e. The Labute approximate surface area is 202 Å². The number of aromatic amines is 1. The first-order valence-electron chi connectivity index (χ1n) is 11.3. The number of aliphatic hydroxyl groups is 1. The normalized spacial score (nSPS) is 26.4. The SMILES string of the molecule is CC(C)(C)[Si](C)(C)O[C@H]1[C@H](n2ccc(=O)[nH]c2=O)O[C@@](CO)(N=[N+]=[N-])[C@H]1O[Si](C)(C)C(C)(C)C. The van der Waals surface area contributed by atoms with Gasteiger partial charge in [0.05, 0.1) is 6.61 Å². The highest BCUT2D eigenvalue weighted by molar-refractivity contribution is 6.74. The molecule has 4 atom stereocenters. The van der Waals surface area contributed by atoms with Gasteiger partial charge in [0.25, 0.3) is 5.56 Å². The number of ether oxygens (including phenoxy) is 1. The minimum Gasteiger partial charge on any atom is -0.408 e. The van der Waals surface area contributed by atoms with E-state index in [1.807, 2.05) is 13.1 Å². The molecule has 34 heavy (non-hydrogen) atoms. The lowest BCUT2D eigenvalue weighted by molar-refractivity contribution is -0.122. The summed E-state index contributed by atoms with van der Waals surface area (Å²) in [6, 6.07) is 1.20. The van der Waals surface area contributed by atoms with Gasteiger partial charge in [0.15, 0.2) is 28.6 Å². The van der Waals surface area contributed by atoms with E-state index in [-0.39, 0.29) is 10.1 Å². The van der Waals surface area contributed by atoms with Crippen molar-refractivity contribution in [1.82, 2.24) is 9.55 Å². The minimum atomic E-state index is -2.50. The van der Waals surface area contributed by atoms with Crippen LogP contribution in [-0.2, 0) is 13.6 Å². The van der Waals surface area contributed by atoms with Gasteiger partial charge < -0.3 is 18.7 Å². The summed E-state index contributed by atoms with van der Waals surface area (Å²) in [5.74, 6) is 0. The van der Waals surface area contributed by atoms with Crippen molar-refractivity contribution in [3.05, 3.63) is 43.5 Å². The predicted molar refractivity (Wildman–Crippen MR) is 135 cm³/mol. The lowest BCUT2D eigenvalue weighted by atomic mass is 10.1. The van der Waals surface area contributed by atoms with E-state index in [0.717, 1.165) is 0 Å². The van der Waals surface area contributed by atoms with E-state index in [9.17, 15) is 20.2 Å². The van der Waals surface area contributed by atoms with E-state index in [1.54, 1.807) is 0 Å². The molecule has 2 N–H and O–H groups in total. The molecule has 0 radical (unpaired) electrons. The van der Waals surface area contributed by atoms with Crippen LogP contribution < -0.4 is 11.2 Å². The quantitative estimate of drug-likeness (QED) is 0.244. The molecule has 1 aromatic rings. The molecule has 1 saturated heterocycles. The van der Waals surface area contributed by atoms with Gasteiger partial charge in [0.1, 0.15) is 12.2 Å². The highest BCUT2D eigenvalue weighted by atomic mass is 28.4. The summed E-state index contributed by atoms with van der Waals surface area (Å²) in [5.41, 5.74) is 6.28. The zero-order valence-electron chi connectivity index (χ0n) is 21.9. The Hall–Kier alpha value is -1.74. The molecule has 1 aliphatic heterocycles. The van der Waals surface area contributed by atoms with Crippen molar-refractivity contribution in [3.8, 4) is 0 Å². The Balaban J connectivity index is 2.78. The highest BCUT2D eigenvalue weighted by Crippen LogP contribution is 2.48. The molecular weight excluding hydrogens is 474 g/mol. The monoisotopic (exact) mass is 513 g/mol. The van der Waals surface area contributed by atoms with Crippen molar-refractivity contribution in [2.45, 2.75) is 102 Å². The second kappa shape index (κ2) is 9.38. The van der Waals surface area contributed by atoms with Gasteiger partial charge in [-0.2, -0.15) is 0 Å². The lowest BCUT2D eigenvalue weighted by Gasteiger charge is -2.45. The summed E-state index contributed by atoms with van der Waals surface area (Å²) in [4.78, 5) is 29.6. The molecule has 2 heterocycles. The van der Waals surface area contributed by atoms with Gasteiger partial charge in [-0.25, -0.2) is 4.79 Å². The van der Waals surface area contributed by atoms with Crippen molar-refractivity contribution >= 4 is 16.6 Å². The van der Waals surface area contributed by atoms with Crippen LogP contribution in [0.3, 0.4) is 0 Å². The third-order valence-corrected chi connectivity index (χ3v) is 16.3. The summed E-state index contributed by atoms with van der Waals surface area (Å²) in [6.07, 6.45) is -1.68. The van der Waals surface area contributed by atoms with E-state index in [4.69, 9.17) is 13.6 Å². The number of aliphatic hydroxyl groups excluding tert-OH is 1. The first kappa shape index (κ1) is 28.5. The number of nitrogens with zero attached hydrogens (tertiary/aromatic N) is 4. The molecule has 0 spiro atoms. The van der Waals surface area contributed by atoms with E-state index in [0.29, 0.717) is 0 Å². The van der Waals surface area contributed by atoms with Gasteiger partial charge in [0.2, 0.25) is 0 Å². The van der Waals surface area contributed by atoms with Crippen LogP contribution in [0.2, 0.25) is 36.3 Å². The predicted octanol–water partition coefficient (Wildman–Crippen LogP) is 3.85. The Kier molecular flexibility index (Phi) is 7.86. The molecule has 13 heteroatoms. The van der Waals surface area contributed by atoms with Crippen LogP contribution in [0.4, 0.5) is 0 Å². The molecule has 1 fully saturated rings. The van der Waals surface area contributed by atoms with Crippen molar-refractivity contribution in [2.75, 3.05) is 6.61 Å². The number of aromatic nitrogens is 2. The topological polar surface area (TPSA) is 152 Å². The van der Waals surface area contributed by atoms with E-state index in [2.05, 4.69) is 69.6 Å². The van der Waals surface area contributed by atoms with Gasteiger partial charge in [-0.15, -0.1) is 0 Å². The van der Waals surface area contributed by atoms with Crippen molar-refractivity contribution in [1.29, 1.82) is 0 Å². The van der Waals surface area contributed by atoms with Crippen LogP contribution in [0.15, 0.2) is 27.0 Å². The highest BCUT2D eigenvalue weighted by Gasteiger charge is 2.61. The maximum atomic E-state index is 12.7. The summed E-state index contributed by atoms with van der Waals surface area (Å²) >= 11 is 0. The zero-order chi connectivity index (χ0) is 26.3. The van der Waals surface area contributed by atoms with Gasteiger partial charge in [0, 0.05) is 17.2 Å². The fourth-order valence-corrected chi connectivity index (χ4v) is 5.78. The minimum absolute atomic E-state index is 0.196. The molecule has 1 aromatic heterocycles. The van der Waals surface area contributed by atoms with Crippen LogP contribution in [0.5, 0.6) is 0 Å². The maximum Gasteiger partial charge on any atom is 0.330 e. The fraction of sp³-hybridized carbons (Fsp3) is 0.810. The molecule has 2 rings (SSSR count). The second-order valence-corrected chi connectivity index (χ2v) is 21.4. The Morgan fingerprint density at radius 2 is 1.68 bits per heavy atom. The first-order valence-corrected chi connectivity index (χ1v) is 17.2. The molecule has 1 aliphatic rings. The smallest absolute Gasteiger partial charge is 0.330 e. The number of azide groups is 1. The first-order chi connectivity index (χ1) is 15.3. The van der Waals surface area contributed by atoms with Crippen molar-refractivity contribution in [2.24, 2.45) is 5.11 Å². The second-order valence-electron chi connectivity index (χ2n) is 11.9. The summed E-state index contributed by atoms with van der Waals surface area (Å²) < 4.78 is 20.8.